The maximum atomic E-state index is 11.6. The quantitative estimate of drug-likeness (QED) is 0.401. The van der Waals surface area contributed by atoms with Crippen LogP contribution in [0.2, 0.25) is 0 Å². The van der Waals surface area contributed by atoms with Crippen LogP contribution in [-0.2, 0) is 19.2 Å². The van der Waals surface area contributed by atoms with E-state index in [-0.39, 0.29) is 17.0 Å². The average molecular weight is 216 g/mol. The minimum absolute atomic E-state index is 0.00750. The zero-order valence-electron chi connectivity index (χ0n) is 7.81. The maximum Gasteiger partial charge on any atom is 0.296 e. The van der Waals surface area contributed by atoms with Gasteiger partial charge in [-0.15, -0.1) is 0 Å². The SMILES string of the molecule is O=C1NC2=C3N=CC(=O)C3C(=O)C=C2C1=O. The highest BCUT2D eigenvalue weighted by Crippen LogP contribution is 2.33. The first-order chi connectivity index (χ1) is 7.59. The average Bonchev–Trinajstić information content (AvgIpc) is 2.74. The van der Waals surface area contributed by atoms with E-state index >= 15 is 0 Å². The molecule has 0 aromatic heterocycles. The van der Waals surface area contributed by atoms with Crippen LogP contribution in [0.15, 0.2) is 28.0 Å². The number of amides is 1. The van der Waals surface area contributed by atoms with Crippen LogP contribution >= 0.6 is 0 Å². The number of fused-ring (bicyclic) bond motifs is 2. The fourth-order valence-corrected chi connectivity index (χ4v) is 1.94. The number of hydrogen-bond donors (Lipinski definition) is 1. The van der Waals surface area contributed by atoms with Gasteiger partial charge in [0.1, 0.15) is 5.92 Å². The van der Waals surface area contributed by atoms with Gasteiger partial charge >= 0.3 is 0 Å². The van der Waals surface area contributed by atoms with E-state index in [1.165, 1.54) is 0 Å². The highest BCUT2D eigenvalue weighted by atomic mass is 16.2. The number of carbonyl (C=O) groups excluding carboxylic acids is 4. The summed E-state index contributed by atoms with van der Waals surface area (Å²) in [5.41, 5.74) is 0.376. The monoisotopic (exact) mass is 216 g/mol. The van der Waals surface area contributed by atoms with Crippen molar-refractivity contribution in [3.63, 3.8) is 0 Å². The van der Waals surface area contributed by atoms with Crippen molar-refractivity contribution in [1.82, 2.24) is 5.32 Å². The van der Waals surface area contributed by atoms with Crippen molar-refractivity contribution in [1.29, 1.82) is 0 Å². The third-order valence-corrected chi connectivity index (χ3v) is 2.67. The van der Waals surface area contributed by atoms with Crippen LogP contribution in [0.5, 0.6) is 0 Å². The van der Waals surface area contributed by atoms with E-state index in [9.17, 15) is 19.2 Å². The van der Waals surface area contributed by atoms with E-state index in [1.54, 1.807) is 0 Å². The Morgan fingerprint density at radius 3 is 2.62 bits per heavy atom. The van der Waals surface area contributed by atoms with Crippen LogP contribution in [0.1, 0.15) is 0 Å². The Balaban J connectivity index is 2.25. The summed E-state index contributed by atoms with van der Waals surface area (Å²) < 4.78 is 0. The molecule has 1 unspecified atom stereocenters. The summed E-state index contributed by atoms with van der Waals surface area (Å²) in [6.45, 7) is 0. The van der Waals surface area contributed by atoms with Crippen molar-refractivity contribution in [2.45, 2.75) is 0 Å². The molecule has 0 spiro atoms. The molecule has 2 heterocycles. The Kier molecular flexibility index (Phi) is 1.45. The summed E-state index contributed by atoms with van der Waals surface area (Å²) in [6, 6.07) is 0. The number of nitrogens with zero attached hydrogens (tertiary/aromatic N) is 1. The second-order valence-electron chi connectivity index (χ2n) is 3.60. The summed E-state index contributed by atoms with van der Waals surface area (Å²) in [7, 11) is 0. The second-order valence-corrected chi connectivity index (χ2v) is 3.60. The van der Waals surface area contributed by atoms with Crippen LogP contribution in [0.25, 0.3) is 0 Å². The summed E-state index contributed by atoms with van der Waals surface area (Å²) in [5.74, 6) is -3.46. The molecule has 16 heavy (non-hydrogen) atoms. The van der Waals surface area contributed by atoms with Gasteiger partial charge in [0.25, 0.3) is 11.7 Å². The first kappa shape index (κ1) is 8.90. The van der Waals surface area contributed by atoms with E-state index in [1.807, 2.05) is 0 Å². The van der Waals surface area contributed by atoms with Gasteiger partial charge in [-0.25, -0.2) is 0 Å². The third kappa shape index (κ3) is 0.881. The van der Waals surface area contributed by atoms with Crippen LogP contribution in [0.3, 0.4) is 0 Å². The van der Waals surface area contributed by atoms with E-state index in [2.05, 4.69) is 10.3 Å². The van der Waals surface area contributed by atoms with Gasteiger partial charge in [0, 0.05) is 0 Å². The molecule has 0 aromatic carbocycles. The zero-order chi connectivity index (χ0) is 11.4. The first-order valence-electron chi connectivity index (χ1n) is 4.53. The van der Waals surface area contributed by atoms with Gasteiger partial charge in [-0.1, -0.05) is 0 Å². The summed E-state index contributed by atoms with van der Waals surface area (Å²) >= 11 is 0. The minimum atomic E-state index is -0.982. The molecule has 6 heteroatoms. The largest absolute Gasteiger partial charge is 0.317 e. The number of ketones is 3. The van der Waals surface area contributed by atoms with Crippen molar-refractivity contribution in [3.05, 3.63) is 23.0 Å². The lowest BCUT2D eigenvalue weighted by molar-refractivity contribution is -0.133. The first-order valence-corrected chi connectivity index (χ1v) is 4.53. The summed E-state index contributed by atoms with van der Waals surface area (Å²) in [6.07, 6.45) is 2.08. The number of carbonyl (C=O) groups is 4. The van der Waals surface area contributed by atoms with Crippen molar-refractivity contribution < 1.29 is 19.2 Å². The minimum Gasteiger partial charge on any atom is -0.317 e. The van der Waals surface area contributed by atoms with Crippen LogP contribution < -0.4 is 5.32 Å². The Hall–Kier alpha value is -2.37. The predicted molar refractivity (Wildman–Crippen MR) is 50.3 cm³/mol. The molecule has 0 bridgehead atoms. The highest BCUT2D eigenvalue weighted by Gasteiger charge is 2.44. The van der Waals surface area contributed by atoms with Crippen LogP contribution in [-0.4, -0.2) is 29.5 Å². The molecular formula is C10H4N2O4. The van der Waals surface area contributed by atoms with Crippen LogP contribution in [0, 0.1) is 5.92 Å². The molecule has 0 aromatic rings. The number of allylic oxidation sites excluding steroid dienone is 3. The molecule has 3 aliphatic rings. The fraction of sp³-hybridized carbons (Fsp3) is 0.100. The molecule has 1 amide bonds. The van der Waals surface area contributed by atoms with Gasteiger partial charge in [0.05, 0.1) is 23.2 Å². The molecule has 6 nitrogen and oxygen atoms in total. The number of rotatable bonds is 0. The molecular weight excluding hydrogens is 212 g/mol. The Labute approximate surface area is 88.7 Å². The zero-order valence-corrected chi connectivity index (χ0v) is 7.81. The highest BCUT2D eigenvalue weighted by molar-refractivity contribution is 6.49. The Bertz CT molecular complexity index is 580. The molecule has 3 rings (SSSR count). The number of hydrogen-bond acceptors (Lipinski definition) is 5. The molecule has 1 aliphatic carbocycles. The van der Waals surface area contributed by atoms with E-state index in [0.717, 1.165) is 12.3 Å². The van der Waals surface area contributed by atoms with Crippen molar-refractivity contribution in [2.24, 2.45) is 10.9 Å². The number of aliphatic imine (C=N–C) groups is 1. The molecule has 2 aliphatic heterocycles. The number of Topliss-reactive ketones (excluding diaryl/α,β-unsaturated/α-hetero) is 2. The number of nitrogens with one attached hydrogen (secondary N) is 1. The molecule has 1 saturated heterocycles. The lowest BCUT2D eigenvalue weighted by Gasteiger charge is -2.13. The summed E-state index contributed by atoms with van der Waals surface area (Å²) in [4.78, 5) is 49.2. The fourth-order valence-electron chi connectivity index (χ4n) is 1.94. The molecule has 0 saturated carbocycles. The Morgan fingerprint density at radius 2 is 1.88 bits per heavy atom. The lowest BCUT2D eigenvalue weighted by Crippen LogP contribution is -2.26. The standard InChI is InChI=1S/C10H4N2O4/c13-4-1-3-7(12-10(16)9(3)15)8-6(4)5(14)2-11-8/h1-2,6H,(H,12,16). The van der Waals surface area contributed by atoms with E-state index in [4.69, 9.17) is 0 Å². The smallest absolute Gasteiger partial charge is 0.296 e. The lowest BCUT2D eigenvalue weighted by atomic mass is 9.89. The van der Waals surface area contributed by atoms with E-state index < -0.39 is 29.2 Å². The van der Waals surface area contributed by atoms with Crippen molar-refractivity contribution >= 4 is 29.5 Å². The molecule has 1 atom stereocenters. The van der Waals surface area contributed by atoms with Gasteiger partial charge < -0.3 is 5.32 Å². The third-order valence-electron chi connectivity index (χ3n) is 2.67. The van der Waals surface area contributed by atoms with Gasteiger partial charge in [0.15, 0.2) is 11.6 Å². The Morgan fingerprint density at radius 1 is 1.12 bits per heavy atom. The van der Waals surface area contributed by atoms with Gasteiger partial charge in [-0.2, -0.15) is 0 Å². The van der Waals surface area contributed by atoms with Gasteiger partial charge in [0.2, 0.25) is 0 Å². The van der Waals surface area contributed by atoms with Crippen molar-refractivity contribution in [3.8, 4) is 0 Å². The van der Waals surface area contributed by atoms with Gasteiger partial charge in [-0.05, 0) is 6.08 Å². The van der Waals surface area contributed by atoms with E-state index in [0.29, 0.717) is 0 Å². The summed E-state index contributed by atoms with van der Waals surface area (Å²) in [5, 5.41) is 2.32. The molecule has 1 N–H and O–H groups in total. The molecule has 0 radical (unpaired) electrons. The predicted octanol–water partition coefficient (Wildman–Crippen LogP) is -1.32. The van der Waals surface area contributed by atoms with Crippen LogP contribution in [0.4, 0.5) is 0 Å². The normalized spacial score (nSPS) is 27.0. The maximum absolute atomic E-state index is 11.6. The topological polar surface area (TPSA) is 92.7 Å². The molecule has 78 valence electrons. The van der Waals surface area contributed by atoms with Crippen molar-refractivity contribution in [2.75, 3.05) is 0 Å². The second kappa shape index (κ2) is 2.60. The van der Waals surface area contributed by atoms with Gasteiger partial charge in [-0.3, -0.25) is 24.2 Å². The molecule has 1 fully saturated rings.